The van der Waals surface area contributed by atoms with Gasteiger partial charge in [0.2, 0.25) is 0 Å². The Morgan fingerprint density at radius 3 is 2.21 bits per heavy atom. The molecule has 4 nitrogen and oxygen atoms in total. The molecule has 1 saturated heterocycles. The maximum atomic E-state index is 11.8. The van der Waals surface area contributed by atoms with Crippen LogP contribution < -0.4 is 0 Å². The van der Waals surface area contributed by atoms with E-state index in [9.17, 15) is 4.79 Å². The number of rotatable bonds is 4. The van der Waals surface area contributed by atoms with Gasteiger partial charge in [0, 0.05) is 13.1 Å². The van der Waals surface area contributed by atoms with Gasteiger partial charge < -0.3 is 14.1 Å². The summed E-state index contributed by atoms with van der Waals surface area (Å²) < 4.78 is 11.2. The van der Waals surface area contributed by atoms with Gasteiger partial charge in [-0.2, -0.15) is 0 Å². The topological polar surface area (TPSA) is 38.8 Å². The molecule has 0 aliphatic carbocycles. The smallest absolute Gasteiger partial charge is 0.409 e. The standard InChI is InChI=1S/C14H29NO3Si/c1-14(2,3)19(4,5)18-12-11-17-13(16)15-9-7-6-8-10-15/h6-12H2,1-5H3. The molecule has 1 heterocycles. The zero-order valence-electron chi connectivity index (χ0n) is 13.1. The van der Waals surface area contributed by atoms with Crippen molar-refractivity contribution in [3.63, 3.8) is 0 Å². The van der Waals surface area contributed by atoms with Crippen molar-refractivity contribution in [2.75, 3.05) is 26.3 Å². The van der Waals surface area contributed by atoms with Crippen molar-refractivity contribution in [2.45, 2.75) is 58.2 Å². The van der Waals surface area contributed by atoms with Crippen molar-refractivity contribution in [1.82, 2.24) is 4.90 Å². The highest BCUT2D eigenvalue weighted by atomic mass is 28.4. The number of carbonyl (C=O) groups excluding carboxylic acids is 1. The van der Waals surface area contributed by atoms with E-state index in [2.05, 4.69) is 33.9 Å². The van der Waals surface area contributed by atoms with E-state index in [1.807, 2.05) is 0 Å². The van der Waals surface area contributed by atoms with Crippen LogP contribution in [0.15, 0.2) is 0 Å². The van der Waals surface area contributed by atoms with Crippen LogP contribution >= 0.6 is 0 Å². The van der Waals surface area contributed by atoms with Crippen molar-refractivity contribution in [3.8, 4) is 0 Å². The minimum atomic E-state index is -1.72. The van der Waals surface area contributed by atoms with Gasteiger partial charge in [-0.1, -0.05) is 20.8 Å². The highest BCUT2D eigenvalue weighted by Crippen LogP contribution is 2.36. The highest BCUT2D eigenvalue weighted by Gasteiger charge is 2.37. The first-order valence-electron chi connectivity index (χ1n) is 7.30. The van der Waals surface area contributed by atoms with Gasteiger partial charge >= 0.3 is 6.09 Å². The maximum Gasteiger partial charge on any atom is 0.409 e. The second kappa shape index (κ2) is 6.75. The van der Waals surface area contributed by atoms with Gasteiger partial charge in [-0.15, -0.1) is 0 Å². The fraction of sp³-hybridized carbons (Fsp3) is 0.929. The number of piperidine rings is 1. The van der Waals surface area contributed by atoms with Gasteiger partial charge in [0.1, 0.15) is 6.61 Å². The zero-order valence-corrected chi connectivity index (χ0v) is 14.1. The normalized spacial score (nSPS) is 17.4. The van der Waals surface area contributed by atoms with Crippen LogP contribution in [0.2, 0.25) is 18.1 Å². The fourth-order valence-electron chi connectivity index (χ4n) is 1.81. The van der Waals surface area contributed by atoms with E-state index in [1.165, 1.54) is 6.42 Å². The van der Waals surface area contributed by atoms with E-state index in [1.54, 1.807) is 4.90 Å². The summed E-state index contributed by atoms with van der Waals surface area (Å²) in [4.78, 5) is 13.6. The van der Waals surface area contributed by atoms with Crippen LogP contribution in [0.5, 0.6) is 0 Å². The Labute approximate surface area is 118 Å². The van der Waals surface area contributed by atoms with Crippen molar-refractivity contribution >= 4 is 14.4 Å². The van der Waals surface area contributed by atoms with Crippen LogP contribution in [0, 0.1) is 0 Å². The monoisotopic (exact) mass is 287 g/mol. The summed E-state index contributed by atoms with van der Waals surface area (Å²) in [5.74, 6) is 0. The van der Waals surface area contributed by atoms with Gasteiger partial charge in [0.15, 0.2) is 8.32 Å². The molecule has 0 atom stereocenters. The van der Waals surface area contributed by atoms with Crippen molar-refractivity contribution in [1.29, 1.82) is 0 Å². The first kappa shape index (κ1) is 16.5. The third-order valence-corrected chi connectivity index (χ3v) is 8.73. The second-order valence-electron chi connectivity index (χ2n) is 6.77. The van der Waals surface area contributed by atoms with Gasteiger partial charge in [-0.05, 0) is 37.4 Å². The van der Waals surface area contributed by atoms with Gasteiger partial charge in [0.25, 0.3) is 0 Å². The largest absolute Gasteiger partial charge is 0.447 e. The van der Waals surface area contributed by atoms with Gasteiger partial charge in [-0.25, -0.2) is 4.79 Å². The lowest BCUT2D eigenvalue weighted by Crippen LogP contribution is -2.42. The lowest BCUT2D eigenvalue weighted by molar-refractivity contribution is 0.0802. The number of hydrogen-bond acceptors (Lipinski definition) is 3. The van der Waals surface area contributed by atoms with E-state index in [-0.39, 0.29) is 11.1 Å². The SMILES string of the molecule is CC(C)(C)[Si](C)(C)OCCOC(=O)N1CCCCC1. The van der Waals surface area contributed by atoms with Crippen LogP contribution in [0.1, 0.15) is 40.0 Å². The molecule has 112 valence electrons. The minimum absolute atomic E-state index is 0.182. The average Bonchev–Trinajstić information content (AvgIpc) is 2.34. The van der Waals surface area contributed by atoms with Crippen LogP contribution in [-0.2, 0) is 9.16 Å². The highest BCUT2D eigenvalue weighted by molar-refractivity contribution is 6.74. The molecule has 0 radical (unpaired) electrons. The van der Waals surface area contributed by atoms with E-state index in [4.69, 9.17) is 9.16 Å². The summed E-state index contributed by atoms with van der Waals surface area (Å²) in [5, 5.41) is 0.198. The first-order valence-corrected chi connectivity index (χ1v) is 10.2. The number of amides is 1. The van der Waals surface area contributed by atoms with Crippen LogP contribution in [0.25, 0.3) is 0 Å². The third kappa shape index (κ3) is 5.14. The van der Waals surface area contributed by atoms with E-state index in [0.717, 1.165) is 25.9 Å². The molecule has 0 unspecified atom stereocenters. The molecule has 1 aliphatic rings. The van der Waals surface area contributed by atoms with Gasteiger partial charge in [0.05, 0.1) is 6.61 Å². The van der Waals surface area contributed by atoms with Crippen molar-refractivity contribution in [2.24, 2.45) is 0 Å². The number of hydrogen-bond donors (Lipinski definition) is 0. The number of carbonyl (C=O) groups is 1. The van der Waals surface area contributed by atoms with E-state index < -0.39 is 8.32 Å². The quantitative estimate of drug-likeness (QED) is 0.585. The summed E-state index contributed by atoms with van der Waals surface area (Å²) >= 11 is 0. The van der Waals surface area contributed by atoms with Gasteiger partial charge in [-0.3, -0.25) is 0 Å². The Morgan fingerprint density at radius 1 is 1.11 bits per heavy atom. The molecule has 1 aliphatic heterocycles. The fourth-order valence-corrected chi connectivity index (χ4v) is 2.84. The van der Waals surface area contributed by atoms with E-state index >= 15 is 0 Å². The molecular weight excluding hydrogens is 258 g/mol. The molecule has 1 amide bonds. The number of nitrogens with zero attached hydrogens (tertiary/aromatic N) is 1. The molecule has 0 aromatic rings. The third-order valence-electron chi connectivity index (χ3n) is 4.19. The molecular formula is C14H29NO3Si. The van der Waals surface area contributed by atoms with Crippen molar-refractivity contribution < 1.29 is 14.0 Å². The lowest BCUT2D eigenvalue weighted by Gasteiger charge is -2.36. The molecule has 0 bridgehead atoms. The summed E-state index contributed by atoms with van der Waals surface area (Å²) in [7, 11) is -1.72. The molecule has 0 N–H and O–H groups in total. The number of likely N-dealkylation sites (tertiary alicyclic amines) is 1. The summed E-state index contributed by atoms with van der Waals surface area (Å²) in [6.45, 7) is 13.6. The molecule has 19 heavy (non-hydrogen) atoms. The molecule has 0 aromatic heterocycles. The molecule has 1 fully saturated rings. The van der Waals surface area contributed by atoms with Crippen LogP contribution in [0.4, 0.5) is 4.79 Å². The molecule has 5 heteroatoms. The van der Waals surface area contributed by atoms with E-state index in [0.29, 0.717) is 13.2 Å². The zero-order chi connectivity index (χ0) is 14.5. The van der Waals surface area contributed by atoms with Crippen LogP contribution in [-0.4, -0.2) is 45.6 Å². The maximum absolute atomic E-state index is 11.8. The summed E-state index contributed by atoms with van der Waals surface area (Å²) in [6, 6.07) is 0. The molecule has 0 spiro atoms. The van der Waals surface area contributed by atoms with Crippen molar-refractivity contribution in [3.05, 3.63) is 0 Å². The predicted molar refractivity (Wildman–Crippen MR) is 79.9 cm³/mol. The Kier molecular flexibility index (Phi) is 5.86. The Balaban J connectivity index is 2.21. The molecule has 1 rings (SSSR count). The minimum Gasteiger partial charge on any atom is -0.447 e. The summed E-state index contributed by atoms with van der Waals surface area (Å²) in [6.07, 6.45) is 3.22. The Hall–Kier alpha value is -0.553. The summed E-state index contributed by atoms with van der Waals surface area (Å²) in [5.41, 5.74) is 0. The average molecular weight is 287 g/mol. The Bertz CT molecular complexity index is 294. The lowest BCUT2D eigenvalue weighted by atomic mass is 10.1. The first-order chi connectivity index (χ1) is 8.74. The Morgan fingerprint density at radius 2 is 1.68 bits per heavy atom. The number of ether oxygens (including phenoxy) is 1. The molecule has 0 aromatic carbocycles. The molecule has 0 saturated carbocycles. The second-order valence-corrected chi connectivity index (χ2v) is 11.6. The predicted octanol–water partition coefficient (Wildman–Crippen LogP) is 3.63. The van der Waals surface area contributed by atoms with Crippen LogP contribution in [0.3, 0.4) is 0 Å².